The average Bonchev–Trinajstić information content (AvgIpc) is 3.92. The first-order valence-corrected chi connectivity index (χ1v) is 20.3. The maximum atomic E-state index is 2.85. The van der Waals surface area contributed by atoms with Gasteiger partial charge < -0.3 is 13.7 Å². The van der Waals surface area contributed by atoms with Gasteiger partial charge in [0.15, 0.2) is 0 Å². The van der Waals surface area contributed by atoms with E-state index in [1.807, 2.05) is 0 Å². The molecule has 0 atom stereocenters. The highest BCUT2D eigenvalue weighted by atomic mass is 15.1. The molecule has 0 amide bonds. The molecule has 3 heteroatoms. The molecular weight excluding hydrogens is 619 g/mol. The molecule has 3 aliphatic carbocycles. The topological polar surface area (TPSA) is 14.8 Å². The number of hydrogen-bond acceptors (Lipinski definition) is 0. The van der Waals surface area contributed by atoms with E-state index in [1.54, 1.807) is 0 Å². The molecule has 10 rings (SSSR count). The summed E-state index contributed by atoms with van der Waals surface area (Å²) in [4.78, 5) is 0. The van der Waals surface area contributed by atoms with Crippen molar-refractivity contribution in [3.8, 4) is 33.8 Å². The first-order chi connectivity index (χ1) is 25.3. The van der Waals surface area contributed by atoms with Gasteiger partial charge in [-0.15, -0.1) is 0 Å². The van der Waals surface area contributed by atoms with Gasteiger partial charge in [-0.25, -0.2) is 0 Å². The second-order valence-corrected chi connectivity index (χ2v) is 16.0. The molecule has 4 aromatic carbocycles. The van der Waals surface area contributed by atoms with E-state index in [4.69, 9.17) is 0 Å². The Morgan fingerprint density at radius 3 is 0.824 bits per heavy atom. The Labute approximate surface area is 302 Å². The standard InChI is InChI=1S/C48H51N3/c1-7-19-34(20-8-1)43-31-40-46(49(43)37-25-13-4-14-26-37)41-32-44(35-21-9-2-10-22-35)51(39-29-17-6-18-30-39)48(41)42-33-45(36-23-11-3-12-24-36)50(47(40)42)38-27-15-5-16-28-38/h1-3,7-12,19-24,31-33,37-39H,4-6,13-18,25-30H2. The molecular formula is C48H51N3. The SMILES string of the molecule is c1ccc(-c2cc3c(c4cc(-c5ccccc5)n(C5CCCCC5)c4c4cc(-c5ccccc5)n(C5CCCCC5)c34)n2C2CCCCC2)cc1. The molecule has 3 aliphatic rings. The van der Waals surface area contributed by atoms with Gasteiger partial charge in [0.1, 0.15) is 0 Å². The van der Waals surface area contributed by atoms with Crippen molar-refractivity contribution in [3.05, 3.63) is 109 Å². The van der Waals surface area contributed by atoms with Gasteiger partial charge in [-0.05, 0) is 73.4 Å². The van der Waals surface area contributed by atoms with Crippen LogP contribution in [0.1, 0.15) is 114 Å². The Balaban J connectivity index is 1.42. The van der Waals surface area contributed by atoms with Gasteiger partial charge in [-0.3, -0.25) is 0 Å². The molecule has 0 spiro atoms. The molecule has 0 unspecified atom stereocenters. The third kappa shape index (κ3) is 5.30. The summed E-state index contributed by atoms with van der Waals surface area (Å²) in [5.41, 5.74) is 12.7. The van der Waals surface area contributed by atoms with Crippen LogP contribution in [-0.2, 0) is 0 Å². The quantitative estimate of drug-likeness (QED) is 0.167. The van der Waals surface area contributed by atoms with E-state index in [-0.39, 0.29) is 0 Å². The van der Waals surface area contributed by atoms with Crippen LogP contribution in [0.5, 0.6) is 0 Å². The molecule has 3 nitrogen and oxygen atoms in total. The lowest BCUT2D eigenvalue weighted by Gasteiger charge is -2.29. The van der Waals surface area contributed by atoms with Crippen LogP contribution >= 0.6 is 0 Å². The van der Waals surface area contributed by atoms with E-state index in [0.717, 1.165) is 0 Å². The second-order valence-electron chi connectivity index (χ2n) is 16.0. The van der Waals surface area contributed by atoms with Gasteiger partial charge >= 0.3 is 0 Å². The molecule has 0 saturated heterocycles. The van der Waals surface area contributed by atoms with Gasteiger partial charge in [0.05, 0.1) is 16.6 Å². The lowest BCUT2D eigenvalue weighted by Crippen LogP contribution is -2.15. The molecule has 7 aromatic rings. The fourth-order valence-electron chi connectivity index (χ4n) is 10.6. The molecule has 0 aliphatic heterocycles. The number of aromatic nitrogens is 3. The molecule has 3 saturated carbocycles. The predicted octanol–water partition coefficient (Wildman–Crippen LogP) is 14.1. The van der Waals surface area contributed by atoms with Crippen molar-refractivity contribution in [2.45, 2.75) is 114 Å². The Morgan fingerprint density at radius 1 is 0.314 bits per heavy atom. The van der Waals surface area contributed by atoms with Crippen LogP contribution in [0.2, 0.25) is 0 Å². The molecule has 3 heterocycles. The minimum atomic E-state index is 0.511. The maximum Gasteiger partial charge on any atom is 0.0605 e. The van der Waals surface area contributed by atoms with Crippen LogP contribution in [0, 0.1) is 0 Å². The normalized spacial score (nSPS) is 18.4. The summed E-state index contributed by atoms with van der Waals surface area (Å²) < 4.78 is 8.56. The van der Waals surface area contributed by atoms with Crippen molar-refractivity contribution in [1.82, 2.24) is 13.7 Å². The zero-order chi connectivity index (χ0) is 33.7. The predicted molar refractivity (Wildman–Crippen MR) is 216 cm³/mol. The Morgan fingerprint density at radius 2 is 0.569 bits per heavy atom. The largest absolute Gasteiger partial charge is 0.337 e. The summed E-state index contributed by atoms with van der Waals surface area (Å²) in [7, 11) is 0. The van der Waals surface area contributed by atoms with Crippen LogP contribution in [0.25, 0.3) is 66.5 Å². The summed E-state index contributed by atoms with van der Waals surface area (Å²) in [6.07, 6.45) is 19.6. The van der Waals surface area contributed by atoms with Gasteiger partial charge in [-0.2, -0.15) is 0 Å². The van der Waals surface area contributed by atoms with Crippen molar-refractivity contribution in [1.29, 1.82) is 0 Å². The van der Waals surface area contributed by atoms with Gasteiger partial charge in [0, 0.05) is 51.4 Å². The van der Waals surface area contributed by atoms with Crippen molar-refractivity contribution in [2.75, 3.05) is 0 Å². The van der Waals surface area contributed by atoms with Gasteiger partial charge in [0.2, 0.25) is 0 Å². The van der Waals surface area contributed by atoms with Crippen molar-refractivity contribution >= 4 is 32.7 Å². The monoisotopic (exact) mass is 669 g/mol. The highest BCUT2D eigenvalue weighted by molar-refractivity contribution is 6.26. The summed E-state index contributed by atoms with van der Waals surface area (Å²) in [5.74, 6) is 0. The lowest BCUT2D eigenvalue weighted by atomic mass is 9.94. The van der Waals surface area contributed by atoms with E-state index in [0.29, 0.717) is 18.1 Å². The molecule has 0 bridgehead atoms. The third-order valence-electron chi connectivity index (χ3n) is 12.9. The number of benzene rings is 4. The van der Waals surface area contributed by atoms with E-state index >= 15 is 0 Å². The smallest absolute Gasteiger partial charge is 0.0605 e. The average molecular weight is 670 g/mol. The number of fused-ring (bicyclic) bond motifs is 6. The molecule has 0 N–H and O–H groups in total. The number of hydrogen-bond donors (Lipinski definition) is 0. The van der Waals surface area contributed by atoms with Crippen LogP contribution < -0.4 is 0 Å². The summed E-state index contributed by atoms with van der Waals surface area (Å²) >= 11 is 0. The maximum absolute atomic E-state index is 2.85. The van der Waals surface area contributed by atoms with Crippen LogP contribution in [0.4, 0.5) is 0 Å². The first kappa shape index (κ1) is 31.3. The number of nitrogens with zero attached hydrogens (tertiary/aromatic N) is 3. The highest BCUT2D eigenvalue weighted by Gasteiger charge is 2.32. The minimum absolute atomic E-state index is 0.511. The molecule has 3 fully saturated rings. The highest BCUT2D eigenvalue weighted by Crippen LogP contribution is 2.50. The van der Waals surface area contributed by atoms with E-state index in [1.165, 1.54) is 163 Å². The van der Waals surface area contributed by atoms with Crippen LogP contribution in [0.15, 0.2) is 109 Å². The molecule has 51 heavy (non-hydrogen) atoms. The summed E-state index contributed by atoms with van der Waals surface area (Å²) in [5, 5.41) is 4.36. The third-order valence-corrected chi connectivity index (χ3v) is 12.9. The van der Waals surface area contributed by atoms with Crippen molar-refractivity contribution in [3.63, 3.8) is 0 Å². The minimum Gasteiger partial charge on any atom is -0.337 e. The molecule has 0 radical (unpaired) electrons. The summed E-state index contributed by atoms with van der Waals surface area (Å²) in [6, 6.07) is 43.4. The fraction of sp³-hybridized carbons (Fsp3) is 0.375. The lowest BCUT2D eigenvalue weighted by molar-refractivity contribution is 0.362. The molecule has 258 valence electrons. The Bertz CT molecular complexity index is 1990. The number of rotatable bonds is 6. The van der Waals surface area contributed by atoms with Crippen LogP contribution in [-0.4, -0.2) is 13.7 Å². The zero-order valence-corrected chi connectivity index (χ0v) is 30.1. The second kappa shape index (κ2) is 13.2. The Hall–Kier alpha value is -4.50. The zero-order valence-electron chi connectivity index (χ0n) is 30.1. The Kier molecular flexibility index (Phi) is 8.11. The van der Waals surface area contributed by atoms with Crippen LogP contribution in [0.3, 0.4) is 0 Å². The van der Waals surface area contributed by atoms with E-state index in [2.05, 4.69) is 123 Å². The van der Waals surface area contributed by atoms with Crippen molar-refractivity contribution < 1.29 is 0 Å². The van der Waals surface area contributed by atoms with Gasteiger partial charge in [0.25, 0.3) is 0 Å². The summed E-state index contributed by atoms with van der Waals surface area (Å²) in [6.45, 7) is 0. The van der Waals surface area contributed by atoms with Gasteiger partial charge in [-0.1, -0.05) is 149 Å². The first-order valence-electron chi connectivity index (χ1n) is 20.3. The van der Waals surface area contributed by atoms with E-state index < -0.39 is 0 Å². The van der Waals surface area contributed by atoms with E-state index in [9.17, 15) is 0 Å². The van der Waals surface area contributed by atoms with Crippen molar-refractivity contribution in [2.24, 2.45) is 0 Å². The molecule has 3 aromatic heterocycles. The fourth-order valence-corrected chi connectivity index (χ4v) is 10.6.